The Kier molecular flexibility index (Phi) is 11.6. The van der Waals surface area contributed by atoms with Gasteiger partial charge >= 0.3 is 0 Å². The lowest BCUT2D eigenvalue weighted by molar-refractivity contribution is 0.297. The summed E-state index contributed by atoms with van der Waals surface area (Å²) < 4.78 is 16.1. The largest absolute Gasteiger partial charge is 0.493 e. The van der Waals surface area contributed by atoms with Gasteiger partial charge < -0.3 is 14.2 Å². The Hall–Kier alpha value is 0.0200. The Morgan fingerprint density at radius 1 is 0.905 bits per heavy atom. The summed E-state index contributed by atoms with van der Waals surface area (Å²) >= 11 is 6.97. The number of methoxy groups -OCH3 is 3. The lowest BCUT2D eigenvalue weighted by Crippen LogP contribution is -2.27. The third-order valence-electron chi connectivity index (χ3n) is 2.93. The van der Waals surface area contributed by atoms with Crippen LogP contribution in [-0.2, 0) is 6.54 Å². The van der Waals surface area contributed by atoms with E-state index in [9.17, 15) is 0 Å². The molecule has 0 atom stereocenters. The molecule has 0 aliphatic rings. The van der Waals surface area contributed by atoms with Crippen LogP contribution in [0, 0.1) is 0 Å². The van der Waals surface area contributed by atoms with Crippen LogP contribution in [0.15, 0.2) is 12.1 Å². The van der Waals surface area contributed by atoms with Crippen LogP contribution in [0.5, 0.6) is 17.2 Å². The maximum absolute atomic E-state index is 5.38. The molecule has 0 N–H and O–H groups in total. The summed E-state index contributed by atoms with van der Waals surface area (Å²) in [4.78, 5) is 2.35. The summed E-state index contributed by atoms with van der Waals surface area (Å²) in [5.41, 5.74) is 1.14. The summed E-state index contributed by atoms with van der Waals surface area (Å²) in [5.74, 6) is 2.02. The van der Waals surface area contributed by atoms with E-state index in [-0.39, 0.29) is 17.0 Å². The molecule has 0 radical (unpaired) electrons. The Balaban J connectivity index is 0.00000400. The van der Waals surface area contributed by atoms with Gasteiger partial charge in [0.25, 0.3) is 0 Å². The molecule has 0 bridgehead atoms. The molecule has 21 heavy (non-hydrogen) atoms. The van der Waals surface area contributed by atoms with Gasteiger partial charge in [-0.3, -0.25) is 4.90 Å². The van der Waals surface area contributed by atoms with Gasteiger partial charge in [0.15, 0.2) is 11.5 Å². The predicted octanol–water partition coefficient (Wildman–Crippen LogP) is 3.88. The van der Waals surface area contributed by atoms with Crippen molar-refractivity contribution in [2.45, 2.75) is 6.54 Å². The highest BCUT2D eigenvalue weighted by Crippen LogP contribution is 2.38. The van der Waals surface area contributed by atoms with E-state index in [2.05, 4.69) is 36.8 Å². The summed E-state index contributed by atoms with van der Waals surface area (Å²) in [7, 11) is 4.88. The van der Waals surface area contributed by atoms with Crippen molar-refractivity contribution in [3.63, 3.8) is 0 Å². The lowest BCUT2D eigenvalue weighted by Gasteiger charge is -2.21. The Labute approximate surface area is 154 Å². The predicted molar refractivity (Wildman–Crippen MR) is 99.3 cm³/mol. The molecule has 1 rings (SSSR count). The summed E-state index contributed by atoms with van der Waals surface area (Å²) in [6.45, 7) is 2.82. The van der Waals surface area contributed by atoms with E-state index < -0.39 is 0 Å². The maximum atomic E-state index is 5.38. The van der Waals surface area contributed by atoms with Crippen LogP contribution >= 0.6 is 48.8 Å². The molecule has 1 aromatic carbocycles. The molecule has 0 spiro atoms. The average molecular weight is 492 g/mol. The Bertz CT molecular complexity index is 387. The van der Waals surface area contributed by atoms with Crippen molar-refractivity contribution in [1.82, 2.24) is 4.90 Å². The van der Waals surface area contributed by atoms with E-state index in [1.165, 1.54) is 0 Å². The van der Waals surface area contributed by atoms with E-state index in [1.807, 2.05) is 12.1 Å². The highest BCUT2D eigenvalue weighted by atomic mass is 79.9. The first kappa shape index (κ1) is 21.0. The summed E-state index contributed by atoms with van der Waals surface area (Å²) in [6.07, 6.45) is 0. The smallest absolute Gasteiger partial charge is 0.203 e. The van der Waals surface area contributed by atoms with Crippen LogP contribution in [0.3, 0.4) is 0 Å². The first-order valence-electron chi connectivity index (χ1n) is 6.33. The zero-order valence-electron chi connectivity index (χ0n) is 12.5. The second-order valence-electron chi connectivity index (χ2n) is 4.19. The van der Waals surface area contributed by atoms with Gasteiger partial charge in [-0.1, -0.05) is 31.9 Å². The van der Waals surface area contributed by atoms with Gasteiger partial charge in [-0.15, -0.1) is 17.0 Å². The molecule has 0 heterocycles. The standard InChI is InChI=1S/C14H21Br2NO3.BrH/c1-18-12-8-11(9-13(19-2)14(12)20-3)10-17(6-4-15)7-5-16;/h8-9H,4-7,10H2,1-3H3;1H. The third kappa shape index (κ3) is 6.34. The second-order valence-corrected chi connectivity index (χ2v) is 5.77. The number of alkyl halides is 2. The number of benzene rings is 1. The SMILES string of the molecule is Br.COc1cc(CN(CCBr)CCBr)cc(OC)c1OC. The van der Waals surface area contributed by atoms with Gasteiger partial charge in [0, 0.05) is 30.3 Å². The highest BCUT2D eigenvalue weighted by Gasteiger charge is 2.14. The normalized spacial score (nSPS) is 10.2. The molecule has 0 amide bonds. The summed E-state index contributed by atoms with van der Waals surface area (Å²) in [5, 5.41) is 1.90. The van der Waals surface area contributed by atoms with E-state index >= 15 is 0 Å². The Morgan fingerprint density at radius 2 is 1.38 bits per heavy atom. The van der Waals surface area contributed by atoms with Gasteiger partial charge in [-0.2, -0.15) is 0 Å². The van der Waals surface area contributed by atoms with E-state index in [1.54, 1.807) is 21.3 Å². The number of hydrogen-bond donors (Lipinski definition) is 0. The minimum Gasteiger partial charge on any atom is -0.493 e. The van der Waals surface area contributed by atoms with Crippen molar-refractivity contribution in [3.8, 4) is 17.2 Å². The number of halogens is 3. The molecule has 0 aromatic heterocycles. The zero-order valence-corrected chi connectivity index (χ0v) is 17.4. The van der Waals surface area contributed by atoms with Gasteiger partial charge in [0.1, 0.15) is 0 Å². The molecule has 0 aliphatic heterocycles. The van der Waals surface area contributed by atoms with Crippen molar-refractivity contribution in [3.05, 3.63) is 17.7 Å². The summed E-state index contributed by atoms with van der Waals surface area (Å²) in [6, 6.07) is 3.99. The number of nitrogens with zero attached hydrogens (tertiary/aromatic N) is 1. The number of rotatable bonds is 9. The number of hydrogen-bond acceptors (Lipinski definition) is 4. The van der Waals surface area contributed by atoms with Crippen molar-refractivity contribution >= 4 is 48.8 Å². The molecule has 1 aromatic rings. The molecular weight excluding hydrogens is 470 g/mol. The van der Waals surface area contributed by atoms with Crippen LogP contribution in [0.1, 0.15) is 5.56 Å². The minimum atomic E-state index is 0. The van der Waals surface area contributed by atoms with Gasteiger partial charge in [0.2, 0.25) is 5.75 Å². The Morgan fingerprint density at radius 3 is 1.71 bits per heavy atom. The van der Waals surface area contributed by atoms with Crippen LogP contribution in [0.25, 0.3) is 0 Å². The van der Waals surface area contributed by atoms with Gasteiger partial charge in [-0.25, -0.2) is 0 Å². The zero-order chi connectivity index (χ0) is 15.0. The minimum absolute atomic E-state index is 0. The number of ether oxygens (including phenoxy) is 3. The van der Waals surface area contributed by atoms with Crippen LogP contribution in [0.2, 0.25) is 0 Å². The molecule has 122 valence electrons. The maximum Gasteiger partial charge on any atom is 0.203 e. The molecule has 7 heteroatoms. The van der Waals surface area contributed by atoms with Gasteiger partial charge in [0.05, 0.1) is 21.3 Å². The molecule has 4 nitrogen and oxygen atoms in total. The van der Waals surface area contributed by atoms with Crippen molar-refractivity contribution in [1.29, 1.82) is 0 Å². The third-order valence-corrected chi connectivity index (χ3v) is 3.64. The first-order valence-corrected chi connectivity index (χ1v) is 8.57. The quantitative estimate of drug-likeness (QED) is 0.490. The van der Waals surface area contributed by atoms with Crippen LogP contribution in [-0.4, -0.2) is 50.0 Å². The topological polar surface area (TPSA) is 30.9 Å². The van der Waals surface area contributed by atoms with Crippen molar-refractivity contribution < 1.29 is 14.2 Å². The molecule has 0 unspecified atom stereocenters. The monoisotopic (exact) mass is 489 g/mol. The van der Waals surface area contributed by atoms with Crippen molar-refractivity contribution in [2.75, 3.05) is 45.1 Å². The second kappa shape index (κ2) is 11.6. The molecule has 0 aliphatic carbocycles. The average Bonchev–Trinajstić information content (AvgIpc) is 2.46. The lowest BCUT2D eigenvalue weighted by atomic mass is 10.1. The fourth-order valence-electron chi connectivity index (χ4n) is 1.99. The van der Waals surface area contributed by atoms with Crippen molar-refractivity contribution in [2.24, 2.45) is 0 Å². The van der Waals surface area contributed by atoms with Crippen LogP contribution in [0.4, 0.5) is 0 Å². The van der Waals surface area contributed by atoms with E-state index in [4.69, 9.17) is 14.2 Å². The fourth-order valence-corrected chi connectivity index (χ4v) is 3.00. The van der Waals surface area contributed by atoms with E-state index in [0.717, 1.165) is 35.9 Å². The molecular formula is C14H22Br3NO3. The van der Waals surface area contributed by atoms with E-state index in [0.29, 0.717) is 17.2 Å². The molecule has 0 fully saturated rings. The molecule has 0 saturated heterocycles. The highest BCUT2D eigenvalue weighted by molar-refractivity contribution is 9.09. The van der Waals surface area contributed by atoms with Gasteiger partial charge in [-0.05, 0) is 17.7 Å². The first-order chi connectivity index (χ1) is 9.69. The fraction of sp³-hybridized carbons (Fsp3) is 0.571. The molecule has 0 saturated carbocycles. The van der Waals surface area contributed by atoms with Crippen LogP contribution < -0.4 is 14.2 Å².